The molecular weight excluding hydrogens is 404 g/mol. The molecule has 2 aromatic rings. The summed E-state index contributed by atoms with van der Waals surface area (Å²) in [5.74, 6) is 1.66. The summed E-state index contributed by atoms with van der Waals surface area (Å²) >= 11 is 0. The number of allylic oxidation sites excluding steroid dienone is 4. The lowest BCUT2D eigenvalue weighted by molar-refractivity contribution is -0.116. The van der Waals surface area contributed by atoms with Gasteiger partial charge in [0.1, 0.15) is 5.75 Å². The molecule has 1 heterocycles. The Hall–Kier alpha value is -3.72. The van der Waals surface area contributed by atoms with Crippen molar-refractivity contribution in [1.29, 1.82) is 5.26 Å². The van der Waals surface area contributed by atoms with Crippen LogP contribution in [0.3, 0.4) is 0 Å². The summed E-state index contributed by atoms with van der Waals surface area (Å²) in [5, 5.41) is 13.3. The Labute approximate surface area is 188 Å². The van der Waals surface area contributed by atoms with E-state index in [0.717, 1.165) is 28.3 Å². The Morgan fingerprint density at radius 1 is 0.938 bits per heavy atom. The van der Waals surface area contributed by atoms with Gasteiger partial charge in [-0.15, -0.1) is 0 Å². The van der Waals surface area contributed by atoms with Crippen molar-refractivity contribution >= 4 is 5.78 Å². The van der Waals surface area contributed by atoms with Crippen LogP contribution >= 0.6 is 0 Å². The highest BCUT2D eigenvalue weighted by Crippen LogP contribution is 2.46. The van der Waals surface area contributed by atoms with E-state index >= 15 is 0 Å². The van der Waals surface area contributed by atoms with Gasteiger partial charge in [-0.25, -0.2) is 0 Å². The van der Waals surface area contributed by atoms with E-state index in [1.54, 1.807) is 21.3 Å². The molecule has 32 heavy (non-hydrogen) atoms. The number of hydrogen-bond donors (Lipinski definition) is 1. The molecule has 0 bridgehead atoms. The average molecular weight is 431 g/mol. The van der Waals surface area contributed by atoms with Gasteiger partial charge in [0.05, 0.1) is 38.9 Å². The van der Waals surface area contributed by atoms with E-state index in [0.29, 0.717) is 35.5 Å². The highest BCUT2D eigenvalue weighted by Gasteiger charge is 2.39. The standard InChI is InChI=1S/C26H26N2O4/c1-15-20(14-27)25(17-7-10-23(31-3)24(13-17)32-4)26-21(28-15)11-18(12-22(26)29)16-5-8-19(30-2)9-6-16/h5-10,13,18,25,28H,11-12H2,1-4H3. The lowest BCUT2D eigenvalue weighted by atomic mass is 9.72. The quantitative estimate of drug-likeness (QED) is 0.747. The second kappa shape index (κ2) is 8.80. The van der Waals surface area contributed by atoms with Crippen molar-refractivity contribution in [3.05, 3.63) is 76.1 Å². The van der Waals surface area contributed by atoms with Gasteiger partial charge in [0.15, 0.2) is 17.3 Å². The Morgan fingerprint density at radius 3 is 2.25 bits per heavy atom. The minimum Gasteiger partial charge on any atom is -0.497 e. The highest BCUT2D eigenvalue weighted by molar-refractivity contribution is 6.00. The molecular formula is C26H26N2O4. The molecule has 2 aromatic carbocycles. The lowest BCUT2D eigenvalue weighted by Gasteiger charge is -2.35. The van der Waals surface area contributed by atoms with Crippen LogP contribution in [0.1, 0.15) is 42.7 Å². The van der Waals surface area contributed by atoms with Crippen molar-refractivity contribution in [2.24, 2.45) is 0 Å². The van der Waals surface area contributed by atoms with Gasteiger partial charge in [-0.3, -0.25) is 4.79 Å². The second-order valence-electron chi connectivity index (χ2n) is 8.02. The van der Waals surface area contributed by atoms with Crippen LogP contribution in [-0.4, -0.2) is 27.1 Å². The molecule has 0 amide bonds. The number of methoxy groups -OCH3 is 3. The summed E-state index contributed by atoms with van der Waals surface area (Å²) in [6.45, 7) is 1.89. The van der Waals surface area contributed by atoms with Gasteiger partial charge in [0, 0.05) is 23.4 Å². The van der Waals surface area contributed by atoms with E-state index in [1.807, 2.05) is 49.4 Å². The molecule has 0 radical (unpaired) electrons. The SMILES string of the molecule is COc1ccc(C2CC(=O)C3=C(C2)NC(C)=C(C#N)C3c2ccc(OC)c(OC)c2)cc1. The number of carbonyl (C=O) groups is 1. The fourth-order valence-corrected chi connectivity index (χ4v) is 4.66. The molecule has 2 atom stereocenters. The maximum Gasteiger partial charge on any atom is 0.162 e. The van der Waals surface area contributed by atoms with Gasteiger partial charge in [-0.05, 0) is 54.7 Å². The zero-order valence-corrected chi connectivity index (χ0v) is 18.7. The van der Waals surface area contributed by atoms with Crippen LogP contribution in [0.4, 0.5) is 0 Å². The number of ether oxygens (including phenoxy) is 3. The van der Waals surface area contributed by atoms with Crippen molar-refractivity contribution in [3.8, 4) is 23.3 Å². The van der Waals surface area contributed by atoms with E-state index in [4.69, 9.17) is 14.2 Å². The lowest BCUT2D eigenvalue weighted by Crippen LogP contribution is -2.33. The number of Topliss-reactive ketones (excluding diaryl/α,β-unsaturated/α-hetero) is 1. The molecule has 6 nitrogen and oxygen atoms in total. The van der Waals surface area contributed by atoms with Crippen LogP contribution in [0.2, 0.25) is 0 Å². The molecule has 4 rings (SSSR count). The summed E-state index contributed by atoms with van der Waals surface area (Å²) in [5.41, 5.74) is 4.82. The normalized spacial score (nSPS) is 20.3. The molecule has 0 saturated carbocycles. The van der Waals surface area contributed by atoms with Gasteiger partial charge >= 0.3 is 0 Å². The maximum atomic E-state index is 13.5. The highest BCUT2D eigenvalue weighted by atomic mass is 16.5. The number of nitriles is 1. The first-order chi connectivity index (χ1) is 15.5. The maximum absolute atomic E-state index is 13.5. The summed E-state index contributed by atoms with van der Waals surface area (Å²) in [7, 11) is 4.79. The van der Waals surface area contributed by atoms with Gasteiger partial charge < -0.3 is 19.5 Å². The molecule has 1 N–H and O–H groups in total. The van der Waals surface area contributed by atoms with E-state index in [-0.39, 0.29) is 11.7 Å². The smallest absolute Gasteiger partial charge is 0.162 e. The Bertz CT molecular complexity index is 1160. The van der Waals surface area contributed by atoms with Crippen LogP contribution in [0.15, 0.2) is 65.0 Å². The van der Waals surface area contributed by atoms with Gasteiger partial charge in [0.2, 0.25) is 0 Å². The Morgan fingerprint density at radius 2 is 1.62 bits per heavy atom. The Balaban J connectivity index is 1.76. The molecule has 0 fully saturated rings. The number of nitrogens with one attached hydrogen (secondary N) is 1. The van der Waals surface area contributed by atoms with E-state index in [2.05, 4.69) is 11.4 Å². The number of ketones is 1. The number of hydrogen-bond acceptors (Lipinski definition) is 6. The molecule has 2 unspecified atom stereocenters. The van der Waals surface area contributed by atoms with Gasteiger partial charge in [-0.1, -0.05) is 18.2 Å². The summed E-state index contributed by atoms with van der Waals surface area (Å²) in [4.78, 5) is 13.5. The number of rotatable bonds is 5. The van der Waals surface area contributed by atoms with Crippen LogP contribution in [0, 0.1) is 11.3 Å². The summed E-state index contributed by atoms with van der Waals surface area (Å²) in [6, 6.07) is 15.8. The monoisotopic (exact) mass is 430 g/mol. The molecule has 6 heteroatoms. The van der Waals surface area contributed by atoms with Crippen LogP contribution in [0.25, 0.3) is 0 Å². The molecule has 1 aliphatic carbocycles. The first-order valence-electron chi connectivity index (χ1n) is 10.5. The molecule has 0 aromatic heterocycles. The van der Waals surface area contributed by atoms with Crippen LogP contribution < -0.4 is 19.5 Å². The molecule has 1 aliphatic heterocycles. The third-order valence-electron chi connectivity index (χ3n) is 6.28. The molecule has 2 aliphatic rings. The van der Waals surface area contributed by atoms with E-state index in [9.17, 15) is 10.1 Å². The largest absolute Gasteiger partial charge is 0.497 e. The van der Waals surface area contributed by atoms with Gasteiger partial charge in [-0.2, -0.15) is 5.26 Å². The minimum absolute atomic E-state index is 0.0552. The van der Waals surface area contributed by atoms with Crippen LogP contribution in [-0.2, 0) is 4.79 Å². The minimum atomic E-state index is -0.430. The van der Waals surface area contributed by atoms with Crippen LogP contribution in [0.5, 0.6) is 17.2 Å². The molecule has 0 spiro atoms. The number of nitrogens with zero attached hydrogens (tertiary/aromatic N) is 1. The number of dihydropyridines is 1. The van der Waals surface area contributed by atoms with Crippen molar-refractivity contribution in [3.63, 3.8) is 0 Å². The van der Waals surface area contributed by atoms with E-state index in [1.165, 1.54) is 0 Å². The first kappa shape index (κ1) is 21.5. The zero-order valence-electron chi connectivity index (χ0n) is 18.7. The van der Waals surface area contributed by atoms with Crippen molar-refractivity contribution in [2.75, 3.05) is 21.3 Å². The van der Waals surface area contributed by atoms with Crippen molar-refractivity contribution in [2.45, 2.75) is 31.6 Å². The topological polar surface area (TPSA) is 80.6 Å². The zero-order chi connectivity index (χ0) is 22.8. The average Bonchev–Trinajstić information content (AvgIpc) is 2.82. The van der Waals surface area contributed by atoms with Crippen molar-refractivity contribution < 1.29 is 19.0 Å². The fourth-order valence-electron chi connectivity index (χ4n) is 4.66. The van der Waals surface area contributed by atoms with E-state index < -0.39 is 5.92 Å². The summed E-state index contributed by atoms with van der Waals surface area (Å²) in [6.07, 6.45) is 1.10. The Kier molecular flexibility index (Phi) is 5.91. The third-order valence-corrected chi connectivity index (χ3v) is 6.28. The second-order valence-corrected chi connectivity index (χ2v) is 8.02. The number of benzene rings is 2. The predicted octanol–water partition coefficient (Wildman–Crippen LogP) is 4.60. The summed E-state index contributed by atoms with van der Waals surface area (Å²) < 4.78 is 16.1. The first-order valence-corrected chi connectivity index (χ1v) is 10.5. The van der Waals surface area contributed by atoms with Gasteiger partial charge in [0.25, 0.3) is 0 Å². The predicted molar refractivity (Wildman–Crippen MR) is 121 cm³/mol. The third kappa shape index (κ3) is 3.71. The molecule has 0 saturated heterocycles. The molecule has 164 valence electrons. The number of carbonyl (C=O) groups excluding carboxylic acids is 1. The fraction of sp³-hybridized carbons (Fsp3) is 0.308. The van der Waals surface area contributed by atoms with Crippen molar-refractivity contribution in [1.82, 2.24) is 5.32 Å².